The summed E-state index contributed by atoms with van der Waals surface area (Å²) in [7, 11) is 0. The van der Waals surface area contributed by atoms with Crippen molar-refractivity contribution in [3.8, 4) is 0 Å². The van der Waals surface area contributed by atoms with Crippen LogP contribution in [0.15, 0.2) is 0 Å². The number of hydrogen-bond acceptors (Lipinski definition) is 4. The van der Waals surface area contributed by atoms with E-state index in [1.807, 2.05) is 11.8 Å². The Morgan fingerprint density at radius 1 is 1.22 bits per heavy atom. The number of nitrogens with one attached hydrogen (secondary N) is 2. The van der Waals surface area contributed by atoms with Crippen LogP contribution in [0.3, 0.4) is 0 Å². The number of nitrogens with zero attached hydrogens (tertiary/aromatic N) is 2. The van der Waals surface area contributed by atoms with E-state index in [-0.39, 0.29) is 36.5 Å². The van der Waals surface area contributed by atoms with Crippen molar-refractivity contribution in [2.24, 2.45) is 5.92 Å². The van der Waals surface area contributed by atoms with Crippen LogP contribution >= 0.6 is 0 Å². The van der Waals surface area contributed by atoms with Gasteiger partial charge in [-0.25, -0.2) is 4.79 Å². The van der Waals surface area contributed by atoms with Crippen molar-refractivity contribution >= 4 is 17.9 Å². The standard InChI is InChI=1S/C19H34N4O4/c1-3-5-8-20-18(26)14-7-6-9-23(12-14)19(27)21-15-10-16(11-15)22(4-2)13-17(24)25/h14-16H,3-13H2,1-2H3,(H,20,26)(H,21,27)(H,24,25). The highest BCUT2D eigenvalue weighted by atomic mass is 16.4. The molecule has 0 aromatic carbocycles. The number of unbranched alkanes of at least 4 members (excludes halogenated alkanes) is 1. The van der Waals surface area contributed by atoms with Crippen LogP contribution < -0.4 is 10.6 Å². The van der Waals surface area contributed by atoms with Crippen LogP contribution in [0.4, 0.5) is 4.79 Å². The summed E-state index contributed by atoms with van der Waals surface area (Å²) in [4.78, 5) is 39.4. The Balaban J connectivity index is 1.73. The lowest BCUT2D eigenvalue weighted by Crippen LogP contribution is -2.58. The summed E-state index contributed by atoms with van der Waals surface area (Å²) in [5.41, 5.74) is 0. The predicted octanol–water partition coefficient (Wildman–Crippen LogP) is 1.26. The molecule has 1 unspecified atom stereocenters. The van der Waals surface area contributed by atoms with Crippen molar-refractivity contribution in [3.05, 3.63) is 0 Å². The fourth-order valence-corrected chi connectivity index (χ4v) is 3.85. The molecule has 1 atom stereocenters. The molecule has 3 N–H and O–H groups in total. The lowest BCUT2D eigenvalue weighted by atomic mass is 9.85. The molecule has 1 heterocycles. The Hall–Kier alpha value is -1.83. The molecule has 0 aromatic rings. The summed E-state index contributed by atoms with van der Waals surface area (Å²) in [6.07, 6.45) is 5.25. The first-order valence-corrected chi connectivity index (χ1v) is 10.2. The van der Waals surface area contributed by atoms with E-state index in [1.54, 1.807) is 4.90 Å². The fourth-order valence-electron chi connectivity index (χ4n) is 3.85. The molecule has 2 rings (SSSR count). The van der Waals surface area contributed by atoms with Crippen LogP contribution in [-0.4, -0.2) is 77.6 Å². The third kappa shape index (κ3) is 6.37. The van der Waals surface area contributed by atoms with E-state index in [0.29, 0.717) is 26.2 Å². The van der Waals surface area contributed by atoms with Gasteiger partial charge in [-0.05, 0) is 38.6 Å². The van der Waals surface area contributed by atoms with E-state index in [1.165, 1.54) is 0 Å². The molecule has 1 aliphatic heterocycles. The molecule has 1 saturated heterocycles. The molecule has 0 radical (unpaired) electrons. The topological polar surface area (TPSA) is 102 Å². The van der Waals surface area contributed by atoms with Gasteiger partial charge in [0.1, 0.15) is 0 Å². The maximum Gasteiger partial charge on any atom is 0.317 e. The largest absolute Gasteiger partial charge is 0.480 e. The second-order valence-corrected chi connectivity index (χ2v) is 7.66. The Labute approximate surface area is 161 Å². The van der Waals surface area contributed by atoms with E-state index in [9.17, 15) is 14.4 Å². The van der Waals surface area contributed by atoms with Gasteiger partial charge in [-0.1, -0.05) is 20.3 Å². The van der Waals surface area contributed by atoms with Crippen molar-refractivity contribution in [2.75, 3.05) is 32.7 Å². The second-order valence-electron chi connectivity index (χ2n) is 7.66. The smallest absolute Gasteiger partial charge is 0.317 e. The zero-order valence-electron chi connectivity index (χ0n) is 16.6. The first-order chi connectivity index (χ1) is 12.9. The average molecular weight is 383 g/mol. The van der Waals surface area contributed by atoms with Gasteiger partial charge in [0.15, 0.2) is 0 Å². The molecule has 2 fully saturated rings. The molecular formula is C19H34N4O4. The highest BCUT2D eigenvalue weighted by molar-refractivity contribution is 5.81. The molecule has 0 aromatic heterocycles. The van der Waals surface area contributed by atoms with E-state index >= 15 is 0 Å². The predicted molar refractivity (Wildman–Crippen MR) is 102 cm³/mol. The number of carbonyl (C=O) groups excluding carboxylic acids is 2. The number of amides is 3. The molecular weight excluding hydrogens is 348 g/mol. The van der Waals surface area contributed by atoms with Crippen molar-refractivity contribution < 1.29 is 19.5 Å². The average Bonchev–Trinajstić information content (AvgIpc) is 2.62. The zero-order valence-corrected chi connectivity index (χ0v) is 16.6. The number of likely N-dealkylation sites (N-methyl/N-ethyl adjacent to an activating group) is 1. The Morgan fingerprint density at radius 3 is 2.59 bits per heavy atom. The maximum absolute atomic E-state index is 12.5. The molecule has 3 amide bonds. The van der Waals surface area contributed by atoms with E-state index < -0.39 is 5.97 Å². The van der Waals surface area contributed by atoms with Crippen LogP contribution in [0, 0.1) is 5.92 Å². The summed E-state index contributed by atoms with van der Waals surface area (Å²) < 4.78 is 0. The SMILES string of the molecule is CCCCNC(=O)C1CCCN(C(=O)NC2CC(N(CC)CC(=O)O)C2)C1. The van der Waals surface area contributed by atoms with Crippen molar-refractivity contribution in [1.29, 1.82) is 0 Å². The highest BCUT2D eigenvalue weighted by Crippen LogP contribution is 2.26. The number of urea groups is 1. The first kappa shape index (κ1) is 21.5. The van der Waals surface area contributed by atoms with Crippen molar-refractivity contribution in [1.82, 2.24) is 20.4 Å². The summed E-state index contributed by atoms with van der Waals surface area (Å²) in [6, 6.07) is 0.199. The minimum Gasteiger partial charge on any atom is -0.480 e. The first-order valence-electron chi connectivity index (χ1n) is 10.2. The fraction of sp³-hybridized carbons (Fsp3) is 0.842. The van der Waals surface area contributed by atoms with Gasteiger partial charge in [-0.15, -0.1) is 0 Å². The van der Waals surface area contributed by atoms with Crippen molar-refractivity contribution in [2.45, 2.75) is 64.5 Å². The summed E-state index contributed by atoms with van der Waals surface area (Å²) >= 11 is 0. The van der Waals surface area contributed by atoms with Crippen molar-refractivity contribution in [3.63, 3.8) is 0 Å². The summed E-state index contributed by atoms with van der Waals surface area (Å²) in [6.45, 7) is 6.63. The number of hydrogen-bond donors (Lipinski definition) is 3. The van der Waals surface area contributed by atoms with Gasteiger partial charge in [0.2, 0.25) is 5.91 Å². The molecule has 0 spiro atoms. The number of likely N-dealkylation sites (tertiary alicyclic amines) is 1. The quantitative estimate of drug-likeness (QED) is 0.521. The summed E-state index contributed by atoms with van der Waals surface area (Å²) in [5, 5.41) is 15.0. The minimum absolute atomic E-state index is 0.0444. The number of carboxylic acid groups (broad SMARTS) is 1. The van der Waals surface area contributed by atoms with Gasteiger partial charge in [0.05, 0.1) is 12.5 Å². The normalized spacial score (nSPS) is 25.0. The van der Waals surface area contributed by atoms with Gasteiger partial charge >= 0.3 is 12.0 Å². The maximum atomic E-state index is 12.5. The van der Waals surface area contributed by atoms with E-state index in [4.69, 9.17) is 5.11 Å². The third-order valence-corrected chi connectivity index (χ3v) is 5.61. The molecule has 1 aliphatic carbocycles. The lowest BCUT2D eigenvalue weighted by molar-refractivity contribution is -0.139. The van der Waals surface area contributed by atoms with Gasteiger partial charge < -0.3 is 20.6 Å². The van der Waals surface area contributed by atoms with Gasteiger partial charge in [-0.2, -0.15) is 0 Å². The van der Waals surface area contributed by atoms with Gasteiger partial charge in [0.25, 0.3) is 0 Å². The highest BCUT2D eigenvalue weighted by Gasteiger charge is 2.36. The number of carboxylic acids is 1. The van der Waals surface area contributed by atoms with Crippen LogP contribution in [0.2, 0.25) is 0 Å². The lowest BCUT2D eigenvalue weighted by Gasteiger charge is -2.43. The van der Waals surface area contributed by atoms with E-state index in [0.717, 1.165) is 38.5 Å². The molecule has 154 valence electrons. The monoisotopic (exact) mass is 382 g/mol. The number of carbonyl (C=O) groups is 3. The number of piperidine rings is 1. The molecule has 1 saturated carbocycles. The number of rotatable bonds is 9. The molecule has 8 nitrogen and oxygen atoms in total. The Bertz CT molecular complexity index is 522. The van der Waals surface area contributed by atoms with Crippen LogP contribution in [0.1, 0.15) is 52.4 Å². The van der Waals surface area contributed by atoms with Crippen LogP contribution in [0.25, 0.3) is 0 Å². The van der Waals surface area contributed by atoms with Crippen LogP contribution in [0.5, 0.6) is 0 Å². The third-order valence-electron chi connectivity index (χ3n) is 5.61. The van der Waals surface area contributed by atoms with Gasteiger partial charge in [0, 0.05) is 31.7 Å². The molecule has 27 heavy (non-hydrogen) atoms. The Kier molecular flexibility index (Phi) is 8.34. The molecule has 2 aliphatic rings. The zero-order chi connectivity index (χ0) is 19.8. The molecule has 0 bridgehead atoms. The van der Waals surface area contributed by atoms with E-state index in [2.05, 4.69) is 17.6 Å². The van der Waals surface area contributed by atoms with Gasteiger partial charge in [-0.3, -0.25) is 14.5 Å². The van der Waals surface area contributed by atoms with Crippen LogP contribution in [-0.2, 0) is 9.59 Å². The summed E-state index contributed by atoms with van der Waals surface area (Å²) in [5.74, 6) is -0.889. The Morgan fingerprint density at radius 2 is 1.96 bits per heavy atom. The number of aliphatic carboxylic acids is 1. The molecule has 8 heteroatoms. The second kappa shape index (κ2) is 10.5. The minimum atomic E-state index is -0.819.